The number of imidazole rings is 1. The Morgan fingerprint density at radius 1 is 1.53 bits per heavy atom. The van der Waals surface area contributed by atoms with Crippen LogP contribution < -0.4 is 5.32 Å². The van der Waals surface area contributed by atoms with Crippen LogP contribution >= 0.6 is 11.6 Å². The van der Waals surface area contributed by atoms with E-state index in [1.807, 2.05) is 18.7 Å². The fourth-order valence-electron chi connectivity index (χ4n) is 2.76. The van der Waals surface area contributed by atoms with E-state index >= 15 is 0 Å². The minimum Gasteiger partial charge on any atom is -0.354 e. The first-order chi connectivity index (χ1) is 9.11. The van der Waals surface area contributed by atoms with Gasteiger partial charge in [-0.15, -0.1) is 11.6 Å². The maximum absolute atomic E-state index is 11.5. The predicted octanol–water partition coefficient (Wildman–Crippen LogP) is 0.921. The smallest absolute Gasteiger partial charge is 0.222 e. The summed E-state index contributed by atoms with van der Waals surface area (Å²) >= 11 is 5.86. The first-order valence-corrected chi connectivity index (χ1v) is 6.88. The summed E-state index contributed by atoms with van der Waals surface area (Å²) in [6.07, 6.45) is 1.19. The summed E-state index contributed by atoms with van der Waals surface area (Å²) in [5.74, 6) is 1.54. The van der Waals surface area contributed by atoms with Crippen LogP contribution in [0.1, 0.15) is 24.0 Å². The van der Waals surface area contributed by atoms with Crippen molar-refractivity contribution in [1.29, 1.82) is 0 Å². The van der Waals surface area contributed by atoms with E-state index in [0.717, 1.165) is 22.7 Å². The average Bonchev–Trinajstić information content (AvgIpc) is 2.99. The molecule has 0 aliphatic carbocycles. The molecular formula is C12H16ClN5O. The van der Waals surface area contributed by atoms with Gasteiger partial charge >= 0.3 is 0 Å². The summed E-state index contributed by atoms with van der Waals surface area (Å²) in [7, 11) is 1.90. The second-order valence-corrected chi connectivity index (χ2v) is 5.26. The highest BCUT2D eigenvalue weighted by molar-refractivity contribution is 6.17. The highest BCUT2D eigenvalue weighted by atomic mass is 35.5. The van der Waals surface area contributed by atoms with Gasteiger partial charge in [0.15, 0.2) is 5.65 Å². The summed E-state index contributed by atoms with van der Waals surface area (Å²) in [6.45, 7) is 2.59. The predicted molar refractivity (Wildman–Crippen MR) is 72.3 cm³/mol. The topological polar surface area (TPSA) is 64.7 Å². The maximum atomic E-state index is 11.5. The van der Waals surface area contributed by atoms with Gasteiger partial charge < -0.3 is 9.88 Å². The molecule has 2 aromatic rings. The van der Waals surface area contributed by atoms with E-state index < -0.39 is 0 Å². The number of amides is 1. The van der Waals surface area contributed by atoms with E-state index in [2.05, 4.69) is 20.0 Å². The zero-order valence-corrected chi connectivity index (χ0v) is 11.7. The van der Waals surface area contributed by atoms with Crippen molar-refractivity contribution in [3.8, 4) is 0 Å². The molecule has 6 nitrogen and oxygen atoms in total. The molecular weight excluding hydrogens is 266 g/mol. The number of fused-ring (bicyclic) bond motifs is 1. The zero-order valence-electron chi connectivity index (χ0n) is 11.0. The number of nitrogens with zero attached hydrogens (tertiary/aromatic N) is 4. The molecule has 0 bridgehead atoms. The number of alkyl halides is 1. The minimum absolute atomic E-state index is 0.0857. The van der Waals surface area contributed by atoms with Crippen LogP contribution in [0.4, 0.5) is 0 Å². The number of nitrogens with one attached hydrogen (secondary N) is 1. The SMILES string of the molecule is Cc1nn(C)c2c1nc(CCCl)n2C1CNC(=O)C1. The molecule has 1 atom stereocenters. The van der Waals surface area contributed by atoms with Crippen molar-refractivity contribution in [2.24, 2.45) is 7.05 Å². The largest absolute Gasteiger partial charge is 0.354 e. The fourth-order valence-corrected chi connectivity index (χ4v) is 2.93. The first kappa shape index (κ1) is 12.5. The van der Waals surface area contributed by atoms with Gasteiger partial charge in [0.2, 0.25) is 5.91 Å². The normalized spacial score (nSPS) is 19.3. The molecule has 19 heavy (non-hydrogen) atoms. The van der Waals surface area contributed by atoms with E-state index in [1.165, 1.54) is 0 Å². The van der Waals surface area contributed by atoms with Crippen molar-refractivity contribution in [2.45, 2.75) is 25.8 Å². The Kier molecular flexibility index (Phi) is 2.97. The number of carbonyl (C=O) groups excluding carboxylic acids is 1. The summed E-state index contributed by atoms with van der Waals surface area (Å²) in [5.41, 5.74) is 2.78. The number of hydrogen-bond donors (Lipinski definition) is 1. The molecule has 0 spiro atoms. The minimum atomic E-state index is 0.0857. The molecule has 102 valence electrons. The molecule has 1 aliphatic rings. The van der Waals surface area contributed by atoms with Crippen molar-refractivity contribution < 1.29 is 4.79 Å². The Balaban J connectivity index is 2.18. The molecule has 3 rings (SSSR count). The molecule has 1 N–H and O–H groups in total. The van der Waals surface area contributed by atoms with Gasteiger partial charge in [-0.1, -0.05) is 0 Å². The summed E-state index contributed by atoms with van der Waals surface area (Å²) in [6, 6.07) is 0.102. The van der Waals surface area contributed by atoms with Crippen LogP contribution in [0.2, 0.25) is 0 Å². The molecule has 3 heterocycles. The fraction of sp³-hybridized carbons (Fsp3) is 0.583. The summed E-state index contributed by atoms with van der Waals surface area (Å²) in [5, 5.41) is 7.27. The summed E-state index contributed by atoms with van der Waals surface area (Å²) in [4.78, 5) is 16.1. The average molecular weight is 282 g/mol. The van der Waals surface area contributed by atoms with Gasteiger partial charge in [-0.25, -0.2) is 4.98 Å². The lowest BCUT2D eigenvalue weighted by atomic mass is 10.2. The highest BCUT2D eigenvalue weighted by Crippen LogP contribution is 2.27. The van der Waals surface area contributed by atoms with E-state index in [4.69, 9.17) is 11.6 Å². The van der Waals surface area contributed by atoms with Crippen LogP contribution in [-0.2, 0) is 18.3 Å². The van der Waals surface area contributed by atoms with E-state index in [0.29, 0.717) is 25.3 Å². The van der Waals surface area contributed by atoms with E-state index in [1.54, 1.807) is 0 Å². The molecule has 1 saturated heterocycles. The monoisotopic (exact) mass is 281 g/mol. The van der Waals surface area contributed by atoms with Crippen molar-refractivity contribution in [3.05, 3.63) is 11.5 Å². The summed E-state index contributed by atoms with van der Waals surface area (Å²) < 4.78 is 3.95. The molecule has 2 aromatic heterocycles. The Morgan fingerprint density at radius 2 is 2.32 bits per heavy atom. The van der Waals surface area contributed by atoms with Crippen molar-refractivity contribution in [2.75, 3.05) is 12.4 Å². The number of rotatable bonds is 3. The van der Waals surface area contributed by atoms with Crippen LogP contribution in [0.15, 0.2) is 0 Å². The highest BCUT2D eigenvalue weighted by Gasteiger charge is 2.28. The van der Waals surface area contributed by atoms with Crippen LogP contribution in [0, 0.1) is 6.92 Å². The molecule has 1 fully saturated rings. The van der Waals surface area contributed by atoms with E-state index in [9.17, 15) is 4.79 Å². The van der Waals surface area contributed by atoms with Gasteiger partial charge in [-0.2, -0.15) is 5.10 Å². The van der Waals surface area contributed by atoms with Gasteiger partial charge in [0.1, 0.15) is 11.3 Å². The number of carbonyl (C=O) groups is 1. The van der Waals surface area contributed by atoms with Crippen LogP contribution in [0.3, 0.4) is 0 Å². The number of aryl methyl sites for hydroxylation is 3. The second-order valence-electron chi connectivity index (χ2n) is 4.88. The first-order valence-electron chi connectivity index (χ1n) is 6.35. The van der Waals surface area contributed by atoms with Gasteiger partial charge in [0.25, 0.3) is 0 Å². The zero-order chi connectivity index (χ0) is 13.6. The van der Waals surface area contributed by atoms with E-state index in [-0.39, 0.29) is 11.9 Å². The number of aromatic nitrogens is 4. The molecule has 7 heteroatoms. The van der Waals surface area contributed by atoms with Crippen LogP contribution in [0.25, 0.3) is 11.2 Å². The Morgan fingerprint density at radius 3 is 2.95 bits per heavy atom. The lowest BCUT2D eigenvalue weighted by molar-refractivity contribution is -0.119. The van der Waals surface area contributed by atoms with Gasteiger partial charge in [0.05, 0.1) is 11.7 Å². The quantitative estimate of drug-likeness (QED) is 0.851. The Bertz CT molecular complexity index is 644. The number of hydrogen-bond acceptors (Lipinski definition) is 3. The standard InChI is InChI=1S/C12H16ClN5O/c1-7-11-12(17(2)16-7)18(9(15-11)3-4-13)8-5-10(19)14-6-8/h8H,3-6H2,1-2H3,(H,14,19). The van der Waals surface area contributed by atoms with Gasteiger partial charge in [-0.3, -0.25) is 9.48 Å². The third kappa shape index (κ3) is 1.90. The molecule has 1 unspecified atom stereocenters. The van der Waals surface area contributed by atoms with Gasteiger partial charge in [0, 0.05) is 32.3 Å². The molecule has 1 aliphatic heterocycles. The van der Waals surface area contributed by atoms with Crippen molar-refractivity contribution >= 4 is 28.7 Å². The molecule has 0 aromatic carbocycles. The van der Waals surface area contributed by atoms with Crippen LogP contribution in [-0.4, -0.2) is 37.7 Å². The lowest BCUT2D eigenvalue weighted by Gasteiger charge is -2.14. The second kappa shape index (κ2) is 4.52. The Labute approximate surface area is 115 Å². The third-order valence-electron chi connectivity index (χ3n) is 3.55. The van der Waals surface area contributed by atoms with Crippen molar-refractivity contribution in [1.82, 2.24) is 24.6 Å². The third-order valence-corrected chi connectivity index (χ3v) is 3.74. The lowest BCUT2D eigenvalue weighted by Crippen LogP contribution is -2.18. The molecule has 1 amide bonds. The van der Waals surface area contributed by atoms with Gasteiger partial charge in [-0.05, 0) is 6.92 Å². The molecule has 0 radical (unpaired) electrons. The van der Waals surface area contributed by atoms with Crippen molar-refractivity contribution in [3.63, 3.8) is 0 Å². The Hall–Kier alpha value is -1.56. The molecule has 0 saturated carbocycles. The number of halogens is 1. The maximum Gasteiger partial charge on any atom is 0.222 e. The van der Waals surface area contributed by atoms with Crippen LogP contribution in [0.5, 0.6) is 0 Å².